The van der Waals surface area contributed by atoms with E-state index in [0.29, 0.717) is 34.5 Å². The lowest BCUT2D eigenvalue weighted by molar-refractivity contribution is 0.103. The Kier molecular flexibility index (Phi) is 4.87. The highest BCUT2D eigenvalue weighted by molar-refractivity contribution is 7.17. The van der Waals surface area contributed by atoms with E-state index in [4.69, 9.17) is 14.2 Å². The maximum Gasteiger partial charge on any atom is 0.227 e. The lowest BCUT2D eigenvalue weighted by Crippen LogP contribution is -2.22. The van der Waals surface area contributed by atoms with Gasteiger partial charge in [0.1, 0.15) is 5.69 Å². The predicted molar refractivity (Wildman–Crippen MR) is 108 cm³/mol. The SMILES string of the molecule is COc1cc(C(=O)c2nc(N3CC=CC3)nc3ccsc23)cc(OC)c1OC. The first-order chi connectivity index (χ1) is 13.7. The second-order valence-electron chi connectivity index (χ2n) is 6.13. The number of thiophene rings is 1. The first-order valence-corrected chi connectivity index (χ1v) is 9.54. The van der Waals surface area contributed by atoms with E-state index in [2.05, 4.69) is 22.1 Å². The molecule has 3 heterocycles. The number of hydrogen-bond donors (Lipinski definition) is 0. The summed E-state index contributed by atoms with van der Waals surface area (Å²) in [6.07, 6.45) is 4.11. The fourth-order valence-electron chi connectivity index (χ4n) is 3.14. The van der Waals surface area contributed by atoms with Gasteiger partial charge in [-0.25, -0.2) is 9.97 Å². The van der Waals surface area contributed by atoms with Gasteiger partial charge < -0.3 is 19.1 Å². The zero-order chi connectivity index (χ0) is 19.7. The Labute approximate surface area is 166 Å². The quantitative estimate of drug-likeness (QED) is 0.467. The van der Waals surface area contributed by atoms with Gasteiger partial charge in [-0.05, 0) is 23.6 Å². The molecule has 8 heteroatoms. The molecule has 7 nitrogen and oxygen atoms in total. The third kappa shape index (κ3) is 3.05. The summed E-state index contributed by atoms with van der Waals surface area (Å²) >= 11 is 1.45. The molecule has 1 aliphatic rings. The van der Waals surface area contributed by atoms with E-state index < -0.39 is 0 Å². The van der Waals surface area contributed by atoms with Crippen LogP contribution in [0.4, 0.5) is 5.95 Å². The summed E-state index contributed by atoms with van der Waals surface area (Å²) < 4.78 is 16.9. The molecule has 0 spiro atoms. The highest BCUT2D eigenvalue weighted by atomic mass is 32.1. The van der Waals surface area contributed by atoms with Gasteiger partial charge in [0.25, 0.3) is 0 Å². The van der Waals surface area contributed by atoms with Crippen molar-refractivity contribution in [2.24, 2.45) is 0 Å². The van der Waals surface area contributed by atoms with Crippen molar-refractivity contribution < 1.29 is 19.0 Å². The Morgan fingerprint density at radius 2 is 1.71 bits per heavy atom. The molecule has 1 aliphatic heterocycles. The number of benzene rings is 1. The monoisotopic (exact) mass is 397 g/mol. The predicted octanol–water partition coefficient (Wildman–Crippen LogP) is 3.32. The lowest BCUT2D eigenvalue weighted by Gasteiger charge is -2.17. The van der Waals surface area contributed by atoms with Crippen LogP contribution in [0.3, 0.4) is 0 Å². The van der Waals surface area contributed by atoms with Crippen molar-refractivity contribution in [3.8, 4) is 17.2 Å². The summed E-state index contributed by atoms with van der Waals surface area (Å²) in [6, 6.07) is 5.19. The van der Waals surface area contributed by atoms with Gasteiger partial charge in [0.05, 0.1) is 31.5 Å². The van der Waals surface area contributed by atoms with Gasteiger partial charge >= 0.3 is 0 Å². The summed E-state index contributed by atoms with van der Waals surface area (Å²) in [5.74, 6) is 1.61. The number of anilines is 1. The molecule has 4 rings (SSSR count). The summed E-state index contributed by atoms with van der Waals surface area (Å²) in [6.45, 7) is 1.46. The molecule has 144 valence electrons. The Morgan fingerprint density at radius 3 is 2.32 bits per heavy atom. The van der Waals surface area contributed by atoms with E-state index in [0.717, 1.165) is 23.3 Å². The van der Waals surface area contributed by atoms with Crippen LogP contribution in [-0.2, 0) is 0 Å². The number of ether oxygens (including phenoxy) is 3. The molecule has 0 unspecified atom stereocenters. The van der Waals surface area contributed by atoms with Gasteiger partial charge in [-0.15, -0.1) is 11.3 Å². The first-order valence-electron chi connectivity index (χ1n) is 8.66. The maximum atomic E-state index is 13.4. The van der Waals surface area contributed by atoms with Crippen molar-refractivity contribution in [3.63, 3.8) is 0 Å². The van der Waals surface area contributed by atoms with Gasteiger partial charge in [0.2, 0.25) is 17.5 Å². The summed E-state index contributed by atoms with van der Waals surface area (Å²) in [7, 11) is 4.57. The minimum absolute atomic E-state index is 0.220. The van der Waals surface area contributed by atoms with Crippen molar-refractivity contribution in [3.05, 3.63) is 47.0 Å². The van der Waals surface area contributed by atoms with Gasteiger partial charge in [-0.1, -0.05) is 12.2 Å². The second-order valence-corrected chi connectivity index (χ2v) is 7.04. The number of carbonyl (C=O) groups is 1. The molecule has 0 amide bonds. The summed E-state index contributed by atoms with van der Waals surface area (Å²) in [5.41, 5.74) is 1.54. The Balaban J connectivity index is 1.84. The second kappa shape index (κ2) is 7.47. The summed E-state index contributed by atoms with van der Waals surface area (Å²) in [4.78, 5) is 24.6. The first kappa shape index (κ1) is 18.2. The van der Waals surface area contributed by atoms with Crippen LogP contribution in [0.15, 0.2) is 35.7 Å². The molecule has 0 radical (unpaired) electrons. The van der Waals surface area contributed by atoms with Gasteiger partial charge in [-0.2, -0.15) is 0 Å². The zero-order valence-corrected chi connectivity index (χ0v) is 16.6. The molecular weight excluding hydrogens is 378 g/mol. The average molecular weight is 397 g/mol. The molecule has 0 saturated heterocycles. The number of carbonyl (C=O) groups excluding carboxylic acids is 1. The highest BCUT2D eigenvalue weighted by Crippen LogP contribution is 2.39. The van der Waals surface area contributed by atoms with Gasteiger partial charge in [0.15, 0.2) is 11.5 Å². The number of nitrogens with zero attached hydrogens (tertiary/aromatic N) is 3. The van der Waals surface area contributed by atoms with E-state index in [-0.39, 0.29) is 5.78 Å². The number of fused-ring (bicyclic) bond motifs is 1. The van der Waals surface area contributed by atoms with Crippen LogP contribution in [0, 0.1) is 0 Å². The number of methoxy groups -OCH3 is 3. The van der Waals surface area contributed by atoms with Gasteiger partial charge in [0, 0.05) is 18.7 Å². The molecule has 0 N–H and O–H groups in total. The van der Waals surface area contributed by atoms with Crippen molar-refractivity contribution >= 4 is 33.3 Å². The van der Waals surface area contributed by atoms with Crippen LogP contribution in [-0.4, -0.2) is 50.2 Å². The average Bonchev–Trinajstić information content (AvgIpc) is 3.42. The van der Waals surface area contributed by atoms with Crippen molar-refractivity contribution in [1.29, 1.82) is 0 Å². The number of aromatic nitrogens is 2. The standard InChI is InChI=1S/C20H19N3O4S/c1-25-14-10-12(11-15(26-2)18(14)27-3)17(24)16-19-13(6-9-28-19)21-20(22-16)23-7-4-5-8-23/h4-6,9-11H,7-8H2,1-3H3. The molecule has 0 atom stereocenters. The normalized spacial score (nSPS) is 13.2. The van der Waals surface area contributed by atoms with Gasteiger partial charge in [-0.3, -0.25) is 4.79 Å². The van der Waals surface area contributed by atoms with Crippen LogP contribution in [0.25, 0.3) is 10.2 Å². The van der Waals surface area contributed by atoms with E-state index in [1.165, 1.54) is 32.7 Å². The van der Waals surface area contributed by atoms with E-state index in [1.54, 1.807) is 12.1 Å². The molecular formula is C20H19N3O4S. The third-order valence-electron chi connectivity index (χ3n) is 4.53. The van der Waals surface area contributed by atoms with Crippen LogP contribution < -0.4 is 19.1 Å². The Morgan fingerprint density at radius 1 is 1.04 bits per heavy atom. The fraction of sp³-hybridized carbons (Fsp3) is 0.250. The van der Waals surface area contributed by atoms with Crippen molar-refractivity contribution in [1.82, 2.24) is 9.97 Å². The molecule has 0 saturated carbocycles. The summed E-state index contributed by atoms with van der Waals surface area (Å²) in [5, 5.41) is 1.91. The molecule has 1 aromatic carbocycles. The molecule has 0 fully saturated rings. The zero-order valence-electron chi connectivity index (χ0n) is 15.8. The molecule has 28 heavy (non-hydrogen) atoms. The number of rotatable bonds is 6. The number of hydrogen-bond acceptors (Lipinski definition) is 8. The highest BCUT2D eigenvalue weighted by Gasteiger charge is 2.23. The minimum Gasteiger partial charge on any atom is -0.493 e. The van der Waals surface area contributed by atoms with E-state index in [1.807, 2.05) is 16.3 Å². The Bertz CT molecular complexity index is 1040. The van der Waals surface area contributed by atoms with Crippen LogP contribution in [0.2, 0.25) is 0 Å². The van der Waals surface area contributed by atoms with E-state index in [9.17, 15) is 4.79 Å². The lowest BCUT2D eigenvalue weighted by atomic mass is 10.1. The van der Waals surface area contributed by atoms with Crippen molar-refractivity contribution in [2.75, 3.05) is 39.3 Å². The smallest absolute Gasteiger partial charge is 0.227 e. The molecule has 2 aromatic heterocycles. The molecule has 0 bridgehead atoms. The van der Waals surface area contributed by atoms with E-state index >= 15 is 0 Å². The topological polar surface area (TPSA) is 73.8 Å². The molecule has 3 aromatic rings. The fourth-order valence-corrected chi connectivity index (χ4v) is 3.95. The van der Waals surface area contributed by atoms with Crippen molar-refractivity contribution in [2.45, 2.75) is 0 Å². The third-order valence-corrected chi connectivity index (χ3v) is 5.45. The van der Waals surface area contributed by atoms with Crippen LogP contribution in [0.5, 0.6) is 17.2 Å². The largest absolute Gasteiger partial charge is 0.493 e. The Hall–Kier alpha value is -3.13. The van der Waals surface area contributed by atoms with Crippen LogP contribution in [0.1, 0.15) is 16.1 Å². The van der Waals surface area contributed by atoms with Crippen LogP contribution >= 0.6 is 11.3 Å². The number of ketones is 1. The molecule has 0 aliphatic carbocycles. The minimum atomic E-state index is -0.220. The maximum absolute atomic E-state index is 13.4.